The number of ether oxygens (including phenoxy) is 1. The first kappa shape index (κ1) is 10.4. The molecule has 3 nitrogen and oxygen atoms in total. The smallest absolute Gasteiger partial charge is 0.207 e. The van der Waals surface area contributed by atoms with Crippen LogP contribution in [0.15, 0.2) is 0 Å². The van der Waals surface area contributed by atoms with Crippen LogP contribution in [0.5, 0.6) is 0 Å². The molecule has 0 radical (unpaired) electrons. The molecule has 0 rings (SSSR count). The van der Waals surface area contributed by atoms with Gasteiger partial charge < -0.3 is 10.1 Å². The Balaban J connectivity index is 3.93. The molecule has 0 aromatic rings. The highest BCUT2D eigenvalue weighted by Crippen LogP contribution is 2.19. The lowest BCUT2D eigenvalue weighted by molar-refractivity contribution is -0.111. The molecule has 0 bridgehead atoms. The zero-order valence-electron chi connectivity index (χ0n) is 7.68. The van der Waals surface area contributed by atoms with Gasteiger partial charge in [-0.3, -0.25) is 4.79 Å². The van der Waals surface area contributed by atoms with E-state index in [9.17, 15) is 4.79 Å². The van der Waals surface area contributed by atoms with E-state index >= 15 is 0 Å². The molecule has 0 aliphatic carbocycles. The molecule has 0 spiro atoms. The van der Waals surface area contributed by atoms with Crippen LogP contribution in [0.3, 0.4) is 0 Å². The molecule has 3 heteroatoms. The van der Waals surface area contributed by atoms with E-state index in [1.165, 1.54) is 0 Å². The minimum Gasteiger partial charge on any atom is -0.384 e. The highest BCUT2D eigenvalue weighted by atomic mass is 16.5. The van der Waals surface area contributed by atoms with E-state index in [1.54, 1.807) is 7.11 Å². The van der Waals surface area contributed by atoms with Gasteiger partial charge in [0.15, 0.2) is 0 Å². The van der Waals surface area contributed by atoms with Crippen LogP contribution < -0.4 is 5.32 Å². The fourth-order valence-electron chi connectivity index (χ4n) is 0.825. The number of hydrogen-bond acceptors (Lipinski definition) is 2. The van der Waals surface area contributed by atoms with Crippen molar-refractivity contribution in [2.24, 2.45) is 5.41 Å². The normalized spacial score (nSPS) is 14.2. The molecule has 66 valence electrons. The quantitative estimate of drug-likeness (QED) is 0.602. The van der Waals surface area contributed by atoms with Gasteiger partial charge in [0.05, 0.1) is 6.61 Å². The molecular formula is C8H17NO2. The summed E-state index contributed by atoms with van der Waals surface area (Å²) in [7, 11) is 1.66. The maximum atomic E-state index is 10.1. The Bertz CT molecular complexity index is 123. The molecule has 0 saturated carbocycles. The van der Waals surface area contributed by atoms with E-state index in [2.05, 4.69) is 19.2 Å². The first-order chi connectivity index (χ1) is 5.04. The molecule has 1 unspecified atom stereocenters. The van der Waals surface area contributed by atoms with Crippen LogP contribution in [0.25, 0.3) is 0 Å². The van der Waals surface area contributed by atoms with Gasteiger partial charge in [-0.2, -0.15) is 0 Å². The standard InChI is InChI=1S/C8H17NO2/c1-7(9-6-10)8(2,3)5-11-4/h6-7H,5H2,1-4H3,(H,9,10). The Morgan fingerprint density at radius 3 is 2.55 bits per heavy atom. The average Bonchev–Trinajstić information content (AvgIpc) is 1.88. The Hall–Kier alpha value is -0.570. The van der Waals surface area contributed by atoms with E-state index in [0.29, 0.717) is 6.61 Å². The van der Waals surface area contributed by atoms with Gasteiger partial charge in [-0.1, -0.05) is 13.8 Å². The van der Waals surface area contributed by atoms with Gasteiger partial charge in [0.25, 0.3) is 0 Å². The van der Waals surface area contributed by atoms with Crippen molar-refractivity contribution in [1.29, 1.82) is 0 Å². The molecule has 0 aromatic carbocycles. The predicted octanol–water partition coefficient (Wildman–Crippen LogP) is 0.793. The topological polar surface area (TPSA) is 38.3 Å². The minimum absolute atomic E-state index is 0.00431. The maximum Gasteiger partial charge on any atom is 0.207 e. The second-order valence-corrected chi connectivity index (χ2v) is 3.43. The third-order valence-electron chi connectivity index (χ3n) is 2.01. The van der Waals surface area contributed by atoms with Gasteiger partial charge in [0.2, 0.25) is 6.41 Å². The van der Waals surface area contributed by atoms with Crippen LogP contribution in [-0.2, 0) is 9.53 Å². The number of carbonyl (C=O) groups is 1. The van der Waals surface area contributed by atoms with Crippen molar-refractivity contribution < 1.29 is 9.53 Å². The lowest BCUT2D eigenvalue weighted by Crippen LogP contribution is -2.41. The van der Waals surface area contributed by atoms with Gasteiger partial charge >= 0.3 is 0 Å². The van der Waals surface area contributed by atoms with Gasteiger partial charge in [0.1, 0.15) is 0 Å². The third-order valence-corrected chi connectivity index (χ3v) is 2.01. The lowest BCUT2D eigenvalue weighted by Gasteiger charge is -2.30. The molecule has 0 fully saturated rings. The molecule has 0 aliphatic heterocycles. The van der Waals surface area contributed by atoms with Crippen molar-refractivity contribution in [3.05, 3.63) is 0 Å². The van der Waals surface area contributed by atoms with Crippen molar-refractivity contribution in [2.45, 2.75) is 26.8 Å². The molecular weight excluding hydrogens is 142 g/mol. The van der Waals surface area contributed by atoms with Crippen LogP contribution in [0, 0.1) is 5.41 Å². The van der Waals surface area contributed by atoms with E-state index in [1.807, 2.05) is 6.92 Å². The molecule has 1 atom stereocenters. The van der Waals surface area contributed by atoms with Crippen molar-refractivity contribution in [3.8, 4) is 0 Å². The summed E-state index contributed by atoms with van der Waals surface area (Å²) < 4.78 is 5.02. The summed E-state index contributed by atoms with van der Waals surface area (Å²) in [5, 5.41) is 2.71. The average molecular weight is 159 g/mol. The molecule has 0 heterocycles. The fourth-order valence-corrected chi connectivity index (χ4v) is 0.825. The number of rotatable bonds is 5. The molecule has 0 saturated heterocycles. The summed E-state index contributed by atoms with van der Waals surface area (Å²) >= 11 is 0. The maximum absolute atomic E-state index is 10.1. The van der Waals surface area contributed by atoms with Crippen molar-refractivity contribution >= 4 is 6.41 Å². The number of nitrogens with one attached hydrogen (secondary N) is 1. The predicted molar refractivity (Wildman–Crippen MR) is 44.3 cm³/mol. The summed E-state index contributed by atoms with van der Waals surface area (Å²) in [6.07, 6.45) is 0.724. The van der Waals surface area contributed by atoms with Crippen LogP contribution in [0.4, 0.5) is 0 Å². The summed E-state index contributed by atoms with van der Waals surface area (Å²) in [5.41, 5.74) is -0.00431. The van der Waals surface area contributed by atoms with Crippen molar-refractivity contribution in [1.82, 2.24) is 5.32 Å². The number of methoxy groups -OCH3 is 1. The highest BCUT2D eigenvalue weighted by Gasteiger charge is 2.24. The second-order valence-electron chi connectivity index (χ2n) is 3.43. The Morgan fingerprint density at radius 1 is 1.64 bits per heavy atom. The molecule has 0 aromatic heterocycles. The molecule has 11 heavy (non-hydrogen) atoms. The van der Waals surface area contributed by atoms with Gasteiger partial charge in [0, 0.05) is 18.6 Å². The first-order valence-electron chi connectivity index (χ1n) is 3.73. The van der Waals surface area contributed by atoms with E-state index < -0.39 is 0 Å². The van der Waals surface area contributed by atoms with Crippen LogP contribution >= 0.6 is 0 Å². The highest BCUT2D eigenvalue weighted by molar-refractivity contribution is 5.46. The zero-order chi connectivity index (χ0) is 8.91. The van der Waals surface area contributed by atoms with Crippen LogP contribution in [-0.4, -0.2) is 26.2 Å². The van der Waals surface area contributed by atoms with Crippen LogP contribution in [0.2, 0.25) is 0 Å². The largest absolute Gasteiger partial charge is 0.384 e. The molecule has 0 aliphatic rings. The Kier molecular flexibility index (Phi) is 4.11. The molecule has 1 N–H and O–H groups in total. The summed E-state index contributed by atoms with van der Waals surface area (Å²) in [4.78, 5) is 10.1. The summed E-state index contributed by atoms with van der Waals surface area (Å²) in [6.45, 7) is 6.72. The van der Waals surface area contributed by atoms with E-state index in [4.69, 9.17) is 4.74 Å². The second kappa shape index (κ2) is 4.34. The Labute approximate surface area is 68.1 Å². The fraction of sp³-hybridized carbons (Fsp3) is 0.875. The van der Waals surface area contributed by atoms with E-state index in [-0.39, 0.29) is 11.5 Å². The zero-order valence-corrected chi connectivity index (χ0v) is 7.68. The number of carbonyl (C=O) groups excluding carboxylic acids is 1. The SMILES string of the molecule is COCC(C)(C)C(C)NC=O. The van der Waals surface area contributed by atoms with E-state index in [0.717, 1.165) is 6.41 Å². The summed E-state index contributed by atoms with van der Waals surface area (Å²) in [6, 6.07) is 0.139. The monoisotopic (exact) mass is 159 g/mol. The van der Waals surface area contributed by atoms with Crippen molar-refractivity contribution in [3.63, 3.8) is 0 Å². The van der Waals surface area contributed by atoms with Gasteiger partial charge in [-0.25, -0.2) is 0 Å². The minimum atomic E-state index is -0.00431. The first-order valence-corrected chi connectivity index (χ1v) is 3.73. The van der Waals surface area contributed by atoms with Gasteiger partial charge in [-0.05, 0) is 6.92 Å². The number of amides is 1. The lowest BCUT2D eigenvalue weighted by atomic mass is 9.86. The van der Waals surface area contributed by atoms with Crippen LogP contribution in [0.1, 0.15) is 20.8 Å². The van der Waals surface area contributed by atoms with Gasteiger partial charge in [-0.15, -0.1) is 0 Å². The third kappa shape index (κ3) is 3.37. The molecule has 1 amide bonds. The Morgan fingerprint density at radius 2 is 2.18 bits per heavy atom. The number of hydrogen-bond donors (Lipinski definition) is 1. The van der Waals surface area contributed by atoms with Crippen molar-refractivity contribution in [2.75, 3.05) is 13.7 Å². The summed E-state index contributed by atoms with van der Waals surface area (Å²) in [5.74, 6) is 0.